The van der Waals surface area contributed by atoms with Crippen molar-refractivity contribution in [1.82, 2.24) is 15.3 Å². The van der Waals surface area contributed by atoms with Crippen LogP contribution in [0.25, 0.3) is 22.3 Å². The van der Waals surface area contributed by atoms with Gasteiger partial charge in [0.25, 0.3) is 0 Å². The maximum atomic E-state index is 11.7. The van der Waals surface area contributed by atoms with Crippen molar-refractivity contribution in [2.75, 3.05) is 6.54 Å². The number of carbonyl (C=O) groups is 1. The van der Waals surface area contributed by atoms with Crippen LogP contribution in [0.15, 0.2) is 42.6 Å². The molecule has 124 valence electrons. The van der Waals surface area contributed by atoms with Crippen LogP contribution in [0.5, 0.6) is 0 Å². The first kappa shape index (κ1) is 16.2. The number of nitrogens with one attached hydrogen (secondary N) is 2. The quantitative estimate of drug-likeness (QED) is 0.721. The van der Waals surface area contributed by atoms with Crippen LogP contribution in [0.4, 0.5) is 0 Å². The van der Waals surface area contributed by atoms with E-state index in [1.165, 1.54) is 16.5 Å². The normalized spacial score (nSPS) is 10.9. The third-order valence-electron chi connectivity index (χ3n) is 4.19. The predicted octanol–water partition coefficient (Wildman–Crippen LogP) is 4.00. The third kappa shape index (κ3) is 3.48. The maximum Gasteiger partial charge on any atom is 0.219 e. The number of carbonyl (C=O) groups excluding carboxylic acids is 1. The molecule has 1 amide bonds. The van der Waals surface area contributed by atoms with Crippen LogP contribution in [0.2, 0.25) is 0 Å². The zero-order valence-electron chi connectivity index (χ0n) is 14.2. The van der Waals surface area contributed by atoms with Gasteiger partial charge in [-0.25, -0.2) is 0 Å². The van der Waals surface area contributed by atoms with Crippen molar-refractivity contribution in [3.05, 3.63) is 53.7 Å². The Morgan fingerprint density at radius 2 is 2.12 bits per heavy atom. The number of benzene rings is 1. The molecule has 0 atom stereocenters. The molecule has 0 radical (unpaired) electrons. The molecule has 0 aliphatic carbocycles. The van der Waals surface area contributed by atoms with E-state index in [9.17, 15) is 4.79 Å². The molecule has 24 heavy (non-hydrogen) atoms. The van der Waals surface area contributed by atoms with E-state index >= 15 is 0 Å². The molecule has 0 bridgehead atoms. The van der Waals surface area contributed by atoms with E-state index in [1.54, 1.807) is 0 Å². The average molecular weight is 321 g/mol. The Bertz CT molecular complexity index is 837. The Morgan fingerprint density at radius 1 is 1.25 bits per heavy atom. The van der Waals surface area contributed by atoms with Crippen LogP contribution in [0, 0.1) is 6.92 Å². The van der Waals surface area contributed by atoms with Crippen LogP contribution >= 0.6 is 0 Å². The smallest absolute Gasteiger partial charge is 0.219 e. The molecule has 0 unspecified atom stereocenters. The second kappa shape index (κ2) is 7.30. The van der Waals surface area contributed by atoms with Gasteiger partial charge in [0.2, 0.25) is 5.91 Å². The van der Waals surface area contributed by atoms with Crippen molar-refractivity contribution in [3.8, 4) is 11.4 Å². The molecule has 2 aromatic heterocycles. The summed E-state index contributed by atoms with van der Waals surface area (Å²) in [7, 11) is 0. The largest absolute Gasteiger partial charge is 0.356 e. The number of rotatable bonds is 6. The van der Waals surface area contributed by atoms with E-state index in [4.69, 9.17) is 0 Å². The first-order chi connectivity index (χ1) is 11.7. The minimum Gasteiger partial charge on any atom is -0.356 e. The summed E-state index contributed by atoms with van der Waals surface area (Å²) in [5, 5.41) is 4.09. The summed E-state index contributed by atoms with van der Waals surface area (Å²) in [6, 6.07) is 12.4. The van der Waals surface area contributed by atoms with Gasteiger partial charge in [-0.2, -0.15) is 0 Å². The van der Waals surface area contributed by atoms with E-state index in [2.05, 4.69) is 40.4 Å². The summed E-state index contributed by atoms with van der Waals surface area (Å²) in [6.45, 7) is 4.73. The molecule has 4 heteroatoms. The van der Waals surface area contributed by atoms with E-state index in [-0.39, 0.29) is 5.91 Å². The molecule has 3 rings (SSSR count). The van der Waals surface area contributed by atoms with Gasteiger partial charge in [-0.15, -0.1) is 0 Å². The van der Waals surface area contributed by atoms with Crippen molar-refractivity contribution in [2.45, 2.75) is 33.1 Å². The fourth-order valence-corrected chi connectivity index (χ4v) is 3.06. The molecule has 2 heterocycles. The maximum absolute atomic E-state index is 11.7. The molecule has 0 aliphatic rings. The fourth-order valence-electron chi connectivity index (χ4n) is 3.06. The highest BCUT2D eigenvalue weighted by atomic mass is 16.1. The number of nitrogens with zero attached hydrogens (tertiary/aromatic N) is 1. The lowest BCUT2D eigenvalue weighted by Crippen LogP contribution is -2.22. The molecule has 1 aromatic carbocycles. The minimum atomic E-state index is 0.118. The molecule has 0 saturated heterocycles. The van der Waals surface area contributed by atoms with E-state index in [0.29, 0.717) is 13.0 Å². The summed E-state index contributed by atoms with van der Waals surface area (Å²) in [5.41, 5.74) is 5.61. The van der Waals surface area contributed by atoms with Crippen LogP contribution in [-0.4, -0.2) is 22.4 Å². The molecular formula is C20H23N3O. The summed E-state index contributed by atoms with van der Waals surface area (Å²) in [5.74, 6) is 0.118. The lowest BCUT2D eigenvalue weighted by molar-refractivity contribution is -0.121. The Balaban J connectivity index is 1.94. The second-order valence-corrected chi connectivity index (χ2v) is 6.05. The molecular weight excluding hydrogens is 298 g/mol. The van der Waals surface area contributed by atoms with Crippen molar-refractivity contribution >= 4 is 16.8 Å². The highest BCUT2D eigenvalue weighted by Gasteiger charge is 2.14. The lowest BCUT2D eigenvalue weighted by Gasteiger charge is -2.06. The van der Waals surface area contributed by atoms with Gasteiger partial charge in [0.1, 0.15) is 0 Å². The highest BCUT2D eigenvalue weighted by Crippen LogP contribution is 2.31. The zero-order chi connectivity index (χ0) is 16.9. The lowest BCUT2D eigenvalue weighted by atomic mass is 10.0. The zero-order valence-corrected chi connectivity index (χ0v) is 14.2. The van der Waals surface area contributed by atoms with Crippen molar-refractivity contribution in [2.24, 2.45) is 0 Å². The molecule has 2 N–H and O–H groups in total. The fraction of sp³-hybridized carbons (Fsp3) is 0.300. The van der Waals surface area contributed by atoms with Crippen molar-refractivity contribution in [1.29, 1.82) is 0 Å². The van der Waals surface area contributed by atoms with Crippen LogP contribution in [-0.2, 0) is 11.2 Å². The Kier molecular flexibility index (Phi) is 4.94. The van der Waals surface area contributed by atoms with Crippen LogP contribution in [0.3, 0.4) is 0 Å². The van der Waals surface area contributed by atoms with Crippen molar-refractivity contribution < 1.29 is 4.79 Å². The van der Waals surface area contributed by atoms with Gasteiger partial charge < -0.3 is 10.3 Å². The van der Waals surface area contributed by atoms with Gasteiger partial charge in [-0.05, 0) is 56.5 Å². The Hall–Kier alpha value is -2.62. The third-order valence-corrected chi connectivity index (χ3v) is 4.19. The SMILES string of the molecule is CCNC(=O)CCCc1c(-c2ccccn2)[nH]c2ccc(C)cc12. The second-order valence-electron chi connectivity index (χ2n) is 6.05. The standard InChI is InChI=1S/C20H23N3O/c1-3-21-19(24)9-6-7-15-16-13-14(2)10-11-17(16)23-20(15)18-8-4-5-12-22-18/h4-5,8,10-13,23H,3,6-7,9H2,1-2H3,(H,21,24). The van der Waals surface area contributed by atoms with Gasteiger partial charge in [-0.3, -0.25) is 9.78 Å². The number of fused-ring (bicyclic) bond motifs is 1. The summed E-state index contributed by atoms with van der Waals surface area (Å²) in [6.07, 6.45) is 4.04. The van der Waals surface area contributed by atoms with Crippen LogP contribution in [0.1, 0.15) is 30.9 Å². The van der Waals surface area contributed by atoms with Gasteiger partial charge >= 0.3 is 0 Å². The van der Waals surface area contributed by atoms with Crippen LogP contribution < -0.4 is 5.32 Å². The van der Waals surface area contributed by atoms with Gasteiger partial charge in [-0.1, -0.05) is 17.7 Å². The van der Waals surface area contributed by atoms with E-state index < -0.39 is 0 Å². The van der Waals surface area contributed by atoms with Crippen molar-refractivity contribution in [3.63, 3.8) is 0 Å². The monoisotopic (exact) mass is 321 g/mol. The Labute approximate surface area is 142 Å². The van der Waals surface area contributed by atoms with E-state index in [1.807, 2.05) is 31.3 Å². The predicted molar refractivity (Wildman–Crippen MR) is 97.9 cm³/mol. The molecule has 0 spiro atoms. The summed E-state index contributed by atoms with van der Waals surface area (Å²) in [4.78, 5) is 19.7. The van der Waals surface area contributed by atoms with Gasteiger partial charge in [0, 0.05) is 30.1 Å². The number of aryl methyl sites for hydroxylation is 2. The molecule has 0 aliphatic heterocycles. The molecule has 0 fully saturated rings. The number of pyridine rings is 1. The first-order valence-corrected chi connectivity index (χ1v) is 8.48. The number of aromatic amines is 1. The number of amides is 1. The van der Waals surface area contributed by atoms with E-state index in [0.717, 1.165) is 29.7 Å². The Morgan fingerprint density at radius 3 is 2.88 bits per heavy atom. The van der Waals surface area contributed by atoms with Gasteiger partial charge in [0.15, 0.2) is 0 Å². The highest BCUT2D eigenvalue weighted by molar-refractivity contribution is 5.90. The molecule has 0 saturated carbocycles. The first-order valence-electron chi connectivity index (χ1n) is 8.48. The number of hydrogen-bond acceptors (Lipinski definition) is 2. The number of H-pyrrole nitrogens is 1. The number of aromatic nitrogens is 2. The molecule has 4 nitrogen and oxygen atoms in total. The summed E-state index contributed by atoms with van der Waals surface area (Å²) >= 11 is 0. The average Bonchev–Trinajstić information content (AvgIpc) is 2.94. The topological polar surface area (TPSA) is 57.8 Å². The minimum absolute atomic E-state index is 0.118. The summed E-state index contributed by atoms with van der Waals surface area (Å²) < 4.78 is 0. The van der Waals surface area contributed by atoms with Gasteiger partial charge in [0.05, 0.1) is 11.4 Å². The number of hydrogen-bond donors (Lipinski definition) is 2. The molecule has 3 aromatic rings.